The molecule has 8 nitrogen and oxygen atoms in total. The van der Waals surface area contributed by atoms with Crippen LogP contribution in [0.15, 0.2) is 47.7 Å². The summed E-state index contributed by atoms with van der Waals surface area (Å²) in [6.07, 6.45) is 2.27. The number of ether oxygens (including phenoxy) is 1. The number of carbonyl (C=O) groups excluding carboxylic acids is 1. The molecule has 0 amide bonds. The van der Waals surface area contributed by atoms with E-state index in [1.807, 2.05) is 48.9 Å². The second kappa shape index (κ2) is 10.1. The van der Waals surface area contributed by atoms with Crippen LogP contribution in [0.2, 0.25) is 5.02 Å². The van der Waals surface area contributed by atoms with Crippen LogP contribution in [0.1, 0.15) is 45.8 Å². The molecule has 0 N–H and O–H groups in total. The number of aryl methyl sites for hydroxylation is 2. The largest absolute Gasteiger partial charge is 0.461 e. The van der Waals surface area contributed by atoms with Crippen LogP contribution in [0.4, 0.5) is 0 Å². The number of fused-ring (bicyclic) bond motifs is 1. The van der Waals surface area contributed by atoms with Gasteiger partial charge in [-0.3, -0.25) is 0 Å². The van der Waals surface area contributed by atoms with Gasteiger partial charge in [0.1, 0.15) is 5.52 Å². The third kappa shape index (κ3) is 4.63. The molecule has 4 aromatic rings. The van der Waals surface area contributed by atoms with Crippen molar-refractivity contribution in [1.29, 1.82) is 0 Å². The monoisotopic (exact) mass is 542 g/mol. The molecule has 0 fully saturated rings. The summed E-state index contributed by atoms with van der Waals surface area (Å²) in [5, 5.41) is 8.94. The van der Waals surface area contributed by atoms with Crippen molar-refractivity contribution in [2.75, 3.05) is 6.61 Å². The molecule has 0 aliphatic heterocycles. The number of halogens is 2. The first-order valence-electron chi connectivity index (χ1n) is 10.8. The molecule has 0 saturated heterocycles. The Morgan fingerprint density at radius 2 is 2.03 bits per heavy atom. The van der Waals surface area contributed by atoms with E-state index in [4.69, 9.17) is 21.3 Å². The first kappa shape index (κ1) is 24.1. The summed E-state index contributed by atoms with van der Waals surface area (Å²) in [5.74, 6) is -0.739. The molecule has 0 aliphatic carbocycles. The minimum absolute atomic E-state index is 0.251. The molecule has 0 radical (unpaired) electrons. The minimum Gasteiger partial charge on any atom is -0.461 e. The third-order valence-electron chi connectivity index (χ3n) is 5.56. The van der Waals surface area contributed by atoms with Gasteiger partial charge in [-0.2, -0.15) is 0 Å². The molecule has 3 aromatic heterocycles. The van der Waals surface area contributed by atoms with Crippen molar-refractivity contribution >= 4 is 44.7 Å². The highest BCUT2D eigenvalue weighted by Crippen LogP contribution is 2.34. The van der Waals surface area contributed by atoms with Gasteiger partial charge in [0.05, 0.1) is 12.3 Å². The maximum absolute atomic E-state index is 12.9. The highest BCUT2D eigenvalue weighted by atomic mass is 79.9. The average molecular weight is 544 g/mol. The van der Waals surface area contributed by atoms with Gasteiger partial charge in [-0.05, 0) is 59.1 Å². The molecule has 34 heavy (non-hydrogen) atoms. The van der Waals surface area contributed by atoms with Gasteiger partial charge in [0.15, 0.2) is 16.1 Å². The van der Waals surface area contributed by atoms with E-state index >= 15 is 0 Å². The zero-order valence-electron chi connectivity index (χ0n) is 19.1. The van der Waals surface area contributed by atoms with Crippen LogP contribution in [0.25, 0.3) is 11.2 Å². The summed E-state index contributed by atoms with van der Waals surface area (Å²) < 4.78 is 9.45. The number of esters is 1. The lowest BCUT2D eigenvalue weighted by atomic mass is 9.89. The van der Waals surface area contributed by atoms with E-state index in [1.54, 1.807) is 17.7 Å². The fourth-order valence-electron chi connectivity index (χ4n) is 4.04. The predicted molar refractivity (Wildman–Crippen MR) is 134 cm³/mol. The Morgan fingerprint density at radius 3 is 2.71 bits per heavy atom. The van der Waals surface area contributed by atoms with Crippen LogP contribution >= 0.6 is 27.5 Å². The Labute approximate surface area is 210 Å². The maximum atomic E-state index is 12.9. The topological polar surface area (TPSA) is 87.7 Å². The van der Waals surface area contributed by atoms with Crippen molar-refractivity contribution in [2.45, 2.75) is 32.7 Å². The Bertz CT molecular complexity index is 1360. The lowest BCUT2D eigenvalue weighted by Gasteiger charge is -2.21. The third-order valence-corrected chi connectivity index (χ3v) is 6.42. The smallest absolute Gasteiger partial charge is 0.358 e. The van der Waals surface area contributed by atoms with Gasteiger partial charge in [0.2, 0.25) is 0 Å². The molecule has 4 rings (SSSR count). The van der Waals surface area contributed by atoms with E-state index in [9.17, 15) is 4.79 Å². The highest BCUT2D eigenvalue weighted by Gasteiger charge is 2.30. The second-order valence-electron chi connectivity index (χ2n) is 7.86. The number of hydrogen-bond donors (Lipinski definition) is 0. The Hall–Kier alpha value is -3.04. The van der Waals surface area contributed by atoms with Crippen LogP contribution in [0.3, 0.4) is 0 Å². The fourth-order valence-corrected chi connectivity index (χ4v) is 4.68. The number of nitrogens with zero attached hydrogens (tertiary/aromatic N) is 6. The quantitative estimate of drug-likeness (QED) is 0.229. The van der Waals surface area contributed by atoms with E-state index in [1.165, 1.54) is 0 Å². The number of rotatable bonds is 8. The van der Waals surface area contributed by atoms with Crippen LogP contribution in [-0.2, 0) is 24.8 Å². The van der Waals surface area contributed by atoms with Crippen molar-refractivity contribution in [3.05, 3.63) is 81.0 Å². The van der Waals surface area contributed by atoms with Gasteiger partial charge in [-0.25, -0.2) is 19.4 Å². The maximum Gasteiger partial charge on any atom is 0.358 e. The molecule has 1 unspecified atom stereocenters. The van der Waals surface area contributed by atoms with Crippen molar-refractivity contribution in [2.24, 2.45) is 7.05 Å². The van der Waals surface area contributed by atoms with Crippen LogP contribution < -0.4 is 0 Å². The molecule has 176 valence electrons. The van der Waals surface area contributed by atoms with Gasteiger partial charge in [0, 0.05) is 36.6 Å². The molecular weight excluding hydrogens is 520 g/mol. The summed E-state index contributed by atoms with van der Waals surface area (Å²) in [6, 6.07) is 9.59. The standard InChI is InChI=1S/C24H24BrClN6O2/c1-5-11-32-21(20(28-24(32)25)23(33)34-6-2)18(15-7-9-16(26)10-8-15)13-17-12-14(3)19-22(27-17)31(4)30-29-19/h5,7-10,12,18H,1,6,11,13H2,2-4H3. The second-order valence-corrected chi connectivity index (χ2v) is 9.00. The number of carbonyl (C=O) groups is 1. The molecule has 10 heteroatoms. The number of allylic oxidation sites excluding steroid dienone is 1. The summed E-state index contributed by atoms with van der Waals surface area (Å²) >= 11 is 9.69. The van der Waals surface area contributed by atoms with Crippen molar-refractivity contribution in [1.82, 2.24) is 29.5 Å². The summed E-state index contributed by atoms with van der Waals surface area (Å²) in [5.41, 5.74) is 5.24. The van der Waals surface area contributed by atoms with Crippen molar-refractivity contribution in [3.63, 3.8) is 0 Å². The molecule has 1 atom stereocenters. The van der Waals surface area contributed by atoms with Crippen molar-refractivity contribution < 1.29 is 9.53 Å². The number of aromatic nitrogens is 6. The fraction of sp³-hybridized carbons (Fsp3) is 0.292. The molecule has 0 bridgehead atoms. The minimum atomic E-state index is -0.476. The zero-order chi connectivity index (χ0) is 24.4. The van der Waals surface area contributed by atoms with Gasteiger partial charge >= 0.3 is 5.97 Å². The SMILES string of the molecule is C=CCn1c(Br)nc(C(=O)OCC)c1C(Cc1cc(C)c2nnn(C)c2n1)c1ccc(Cl)cc1. The van der Waals surface area contributed by atoms with Gasteiger partial charge in [-0.15, -0.1) is 11.7 Å². The molecular formula is C24H24BrClN6O2. The number of benzene rings is 1. The number of imidazole rings is 1. The average Bonchev–Trinajstić information content (AvgIpc) is 3.34. The van der Waals surface area contributed by atoms with Crippen LogP contribution in [0.5, 0.6) is 0 Å². The van der Waals surface area contributed by atoms with Crippen molar-refractivity contribution in [3.8, 4) is 0 Å². The molecule has 1 aromatic carbocycles. The Balaban J connectivity index is 1.91. The van der Waals surface area contributed by atoms with E-state index < -0.39 is 5.97 Å². The van der Waals surface area contributed by atoms with E-state index in [2.05, 4.69) is 37.8 Å². The Kier molecular flexibility index (Phi) is 7.13. The normalized spacial score (nSPS) is 12.1. The first-order valence-corrected chi connectivity index (χ1v) is 12.0. The molecule has 3 heterocycles. The van der Waals surface area contributed by atoms with E-state index in [0.29, 0.717) is 28.4 Å². The van der Waals surface area contributed by atoms with Crippen LogP contribution in [-0.4, -0.2) is 42.1 Å². The van der Waals surface area contributed by atoms with Crippen LogP contribution in [0, 0.1) is 6.92 Å². The van der Waals surface area contributed by atoms with Gasteiger partial charge in [-0.1, -0.05) is 35.0 Å². The zero-order valence-corrected chi connectivity index (χ0v) is 21.5. The molecule has 0 spiro atoms. The molecule has 0 saturated carbocycles. The van der Waals surface area contributed by atoms with E-state index in [0.717, 1.165) is 28.0 Å². The predicted octanol–water partition coefficient (Wildman–Crippen LogP) is 5.02. The number of hydrogen-bond acceptors (Lipinski definition) is 6. The summed E-state index contributed by atoms with van der Waals surface area (Å²) in [7, 11) is 1.82. The van der Waals surface area contributed by atoms with Gasteiger partial charge in [0.25, 0.3) is 0 Å². The van der Waals surface area contributed by atoms with Gasteiger partial charge < -0.3 is 9.30 Å². The lowest BCUT2D eigenvalue weighted by Crippen LogP contribution is -2.17. The highest BCUT2D eigenvalue weighted by molar-refractivity contribution is 9.10. The molecule has 0 aliphatic rings. The Morgan fingerprint density at radius 1 is 1.29 bits per heavy atom. The number of pyridine rings is 1. The summed E-state index contributed by atoms with van der Waals surface area (Å²) in [4.78, 5) is 22.3. The lowest BCUT2D eigenvalue weighted by molar-refractivity contribution is 0.0518. The van der Waals surface area contributed by atoms with E-state index in [-0.39, 0.29) is 18.2 Å². The first-order chi connectivity index (χ1) is 16.3. The summed E-state index contributed by atoms with van der Waals surface area (Å²) in [6.45, 7) is 8.35.